The second-order valence-electron chi connectivity index (χ2n) is 7.17. The third-order valence-electron chi connectivity index (χ3n) is 4.74. The number of amides is 3. The fourth-order valence-electron chi connectivity index (χ4n) is 3.56. The molecule has 0 spiro atoms. The van der Waals surface area contributed by atoms with Crippen molar-refractivity contribution in [3.63, 3.8) is 0 Å². The molecule has 2 aliphatic rings. The van der Waals surface area contributed by atoms with Gasteiger partial charge in [-0.15, -0.1) is 0 Å². The van der Waals surface area contributed by atoms with Gasteiger partial charge in [0.15, 0.2) is 0 Å². The zero-order chi connectivity index (χ0) is 17.8. The maximum Gasteiger partial charge on any atom is 0.317 e. The van der Waals surface area contributed by atoms with Gasteiger partial charge in [-0.05, 0) is 32.3 Å². The molecule has 6 heteroatoms. The Balaban J connectivity index is 1.48. The van der Waals surface area contributed by atoms with Crippen molar-refractivity contribution in [3.8, 4) is 0 Å². The first-order valence-electron chi connectivity index (χ1n) is 9.05. The molecule has 2 fully saturated rings. The van der Waals surface area contributed by atoms with Gasteiger partial charge < -0.3 is 20.3 Å². The second kappa shape index (κ2) is 7.87. The van der Waals surface area contributed by atoms with Gasteiger partial charge in [0.05, 0.1) is 18.1 Å². The molecule has 0 radical (unpaired) electrons. The zero-order valence-corrected chi connectivity index (χ0v) is 14.9. The van der Waals surface area contributed by atoms with E-state index in [1.54, 1.807) is 4.90 Å². The standard InChI is InChI=1S/C19H27N3O3/c1-13(2)21-18(23)16-10-15-11-22(12-17(16)25-15)19(24)20-9-8-14-6-4-3-5-7-14/h3-7,13,15-17H,8-12H2,1-2H3,(H,20,24)(H,21,23)/t15-,16+,17-/m1/s1. The molecule has 2 aliphatic heterocycles. The van der Waals surface area contributed by atoms with Crippen LogP contribution in [0.1, 0.15) is 25.8 Å². The summed E-state index contributed by atoms with van der Waals surface area (Å²) in [5.41, 5.74) is 1.20. The van der Waals surface area contributed by atoms with E-state index in [4.69, 9.17) is 4.74 Å². The number of ether oxygens (including phenoxy) is 1. The van der Waals surface area contributed by atoms with E-state index in [0.29, 0.717) is 26.1 Å². The summed E-state index contributed by atoms with van der Waals surface area (Å²) in [5.74, 6) is -0.122. The highest BCUT2D eigenvalue weighted by Crippen LogP contribution is 2.32. The van der Waals surface area contributed by atoms with Crippen LogP contribution < -0.4 is 10.6 Å². The normalized spacial score (nSPS) is 25.1. The summed E-state index contributed by atoms with van der Waals surface area (Å²) in [6.45, 7) is 5.54. The van der Waals surface area contributed by atoms with Crippen LogP contribution in [-0.4, -0.2) is 54.7 Å². The summed E-state index contributed by atoms with van der Waals surface area (Å²) in [5, 5.41) is 5.93. The molecule has 136 valence electrons. The van der Waals surface area contributed by atoms with Gasteiger partial charge in [0.2, 0.25) is 5.91 Å². The van der Waals surface area contributed by atoms with Gasteiger partial charge in [-0.2, -0.15) is 0 Å². The smallest absolute Gasteiger partial charge is 0.317 e. The highest BCUT2D eigenvalue weighted by molar-refractivity contribution is 5.80. The summed E-state index contributed by atoms with van der Waals surface area (Å²) in [7, 11) is 0. The van der Waals surface area contributed by atoms with Gasteiger partial charge in [0, 0.05) is 25.7 Å². The quantitative estimate of drug-likeness (QED) is 0.851. The number of carbonyl (C=O) groups is 2. The molecule has 1 aromatic rings. The maximum absolute atomic E-state index is 12.4. The number of morpholine rings is 1. The van der Waals surface area contributed by atoms with E-state index in [-0.39, 0.29) is 36.1 Å². The molecule has 3 rings (SSSR count). The van der Waals surface area contributed by atoms with E-state index < -0.39 is 0 Å². The molecule has 25 heavy (non-hydrogen) atoms. The van der Waals surface area contributed by atoms with Crippen molar-refractivity contribution in [2.45, 2.75) is 44.9 Å². The fourth-order valence-corrected chi connectivity index (χ4v) is 3.56. The number of nitrogens with zero attached hydrogens (tertiary/aromatic N) is 1. The van der Waals surface area contributed by atoms with Crippen molar-refractivity contribution >= 4 is 11.9 Å². The Morgan fingerprint density at radius 2 is 2.00 bits per heavy atom. The molecule has 2 saturated heterocycles. The van der Waals surface area contributed by atoms with Crippen LogP contribution in [0.5, 0.6) is 0 Å². The molecule has 1 aromatic carbocycles. The van der Waals surface area contributed by atoms with Gasteiger partial charge in [-0.3, -0.25) is 4.79 Å². The molecule has 0 aliphatic carbocycles. The zero-order valence-electron chi connectivity index (χ0n) is 14.9. The van der Waals surface area contributed by atoms with Crippen LogP contribution in [-0.2, 0) is 16.0 Å². The monoisotopic (exact) mass is 345 g/mol. The molecule has 2 heterocycles. The Labute approximate surface area is 148 Å². The summed E-state index contributed by atoms with van der Waals surface area (Å²) >= 11 is 0. The van der Waals surface area contributed by atoms with E-state index in [2.05, 4.69) is 22.8 Å². The molecule has 3 atom stereocenters. The van der Waals surface area contributed by atoms with E-state index in [0.717, 1.165) is 6.42 Å². The van der Waals surface area contributed by atoms with Crippen molar-refractivity contribution in [2.75, 3.05) is 19.6 Å². The van der Waals surface area contributed by atoms with Crippen molar-refractivity contribution in [3.05, 3.63) is 35.9 Å². The van der Waals surface area contributed by atoms with Crippen molar-refractivity contribution < 1.29 is 14.3 Å². The first-order valence-corrected chi connectivity index (χ1v) is 9.05. The lowest BCUT2D eigenvalue weighted by Gasteiger charge is -2.32. The third kappa shape index (κ3) is 4.51. The largest absolute Gasteiger partial charge is 0.370 e. The third-order valence-corrected chi connectivity index (χ3v) is 4.74. The van der Waals surface area contributed by atoms with Crippen LogP contribution in [0, 0.1) is 5.92 Å². The van der Waals surface area contributed by atoms with Crippen molar-refractivity contribution in [2.24, 2.45) is 5.92 Å². The molecule has 2 N–H and O–H groups in total. The summed E-state index contributed by atoms with van der Waals surface area (Å²) in [6.07, 6.45) is 1.26. The average Bonchev–Trinajstić information content (AvgIpc) is 2.89. The van der Waals surface area contributed by atoms with Crippen LogP contribution in [0.3, 0.4) is 0 Å². The minimum Gasteiger partial charge on any atom is -0.370 e. The Hall–Kier alpha value is -2.08. The van der Waals surface area contributed by atoms with Crippen molar-refractivity contribution in [1.82, 2.24) is 15.5 Å². The van der Waals surface area contributed by atoms with Gasteiger partial charge in [-0.1, -0.05) is 30.3 Å². The van der Waals surface area contributed by atoms with Gasteiger partial charge in [-0.25, -0.2) is 4.79 Å². The Morgan fingerprint density at radius 1 is 1.24 bits per heavy atom. The minimum absolute atomic E-state index is 0.0360. The number of rotatable bonds is 5. The number of benzene rings is 1. The SMILES string of the molecule is CC(C)NC(=O)[C@H]1C[C@@H]2CN(C(=O)NCCc3ccccc3)C[C@H]1O2. The van der Waals surface area contributed by atoms with Crippen molar-refractivity contribution in [1.29, 1.82) is 0 Å². The Kier molecular flexibility index (Phi) is 5.58. The highest BCUT2D eigenvalue weighted by atomic mass is 16.5. The molecular weight excluding hydrogens is 318 g/mol. The number of likely N-dealkylation sites (tertiary alicyclic amines) is 1. The van der Waals surface area contributed by atoms with Crippen LogP contribution in [0.25, 0.3) is 0 Å². The predicted octanol–water partition coefficient (Wildman–Crippen LogP) is 1.55. The summed E-state index contributed by atoms with van der Waals surface area (Å²) < 4.78 is 5.88. The average molecular weight is 345 g/mol. The van der Waals surface area contributed by atoms with E-state index in [9.17, 15) is 9.59 Å². The van der Waals surface area contributed by atoms with E-state index in [1.165, 1.54) is 5.56 Å². The van der Waals surface area contributed by atoms with E-state index >= 15 is 0 Å². The Morgan fingerprint density at radius 3 is 2.72 bits per heavy atom. The molecule has 6 nitrogen and oxygen atoms in total. The fraction of sp³-hybridized carbons (Fsp3) is 0.579. The molecule has 2 bridgehead atoms. The number of carbonyl (C=O) groups excluding carboxylic acids is 2. The maximum atomic E-state index is 12.4. The number of hydrogen-bond donors (Lipinski definition) is 2. The predicted molar refractivity (Wildman–Crippen MR) is 95.2 cm³/mol. The van der Waals surface area contributed by atoms with Gasteiger partial charge >= 0.3 is 6.03 Å². The number of urea groups is 1. The number of nitrogens with one attached hydrogen (secondary N) is 2. The lowest BCUT2D eigenvalue weighted by atomic mass is 9.99. The topological polar surface area (TPSA) is 70.7 Å². The first-order chi connectivity index (χ1) is 12.0. The molecule has 0 unspecified atom stereocenters. The summed E-state index contributed by atoms with van der Waals surface area (Å²) in [6, 6.07) is 10.1. The lowest BCUT2D eigenvalue weighted by molar-refractivity contribution is -0.128. The van der Waals surface area contributed by atoms with E-state index in [1.807, 2.05) is 32.0 Å². The molecule has 0 aromatic heterocycles. The molecular formula is C19H27N3O3. The van der Waals surface area contributed by atoms with Gasteiger partial charge in [0.25, 0.3) is 0 Å². The van der Waals surface area contributed by atoms with Crippen LogP contribution >= 0.6 is 0 Å². The van der Waals surface area contributed by atoms with Crippen LogP contribution in [0.4, 0.5) is 4.79 Å². The minimum atomic E-state index is -0.197. The number of fused-ring (bicyclic) bond motifs is 2. The first kappa shape index (κ1) is 17.7. The second-order valence-corrected chi connectivity index (χ2v) is 7.17. The molecule has 3 amide bonds. The number of hydrogen-bond acceptors (Lipinski definition) is 3. The van der Waals surface area contributed by atoms with Crippen LogP contribution in [0.15, 0.2) is 30.3 Å². The molecule has 0 saturated carbocycles. The van der Waals surface area contributed by atoms with Gasteiger partial charge in [0.1, 0.15) is 0 Å². The summed E-state index contributed by atoms with van der Waals surface area (Å²) in [4.78, 5) is 26.5. The Bertz CT molecular complexity index is 605. The van der Waals surface area contributed by atoms with Crippen LogP contribution in [0.2, 0.25) is 0 Å². The highest BCUT2D eigenvalue weighted by Gasteiger charge is 2.45. The lowest BCUT2D eigenvalue weighted by Crippen LogP contribution is -2.51.